The van der Waals surface area contributed by atoms with Crippen molar-refractivity contribution >= 4 is 11.9 Å². The number of carbonyl (C=O) groups excluding carboxylic acids is 1. The van der Waals surface area contributed by atoms with E-state index < -0.39 is 11.9 Å². The van der Waals surface area contributed by atoms with Crippen molar-refractivity contribution in [2.75, 3.05) is 13.6 Å². The van der Waals surface area contributed by atoms with Gasteiger partial charge in [-0.15, -0.1) is 0 Å². The lowest BCUT2D eigenvalue weighted by atomic mass is 9.97. The van der Waals surface area contributed by atoms with Crippen LogP contribution in [0.25, 0.3) is 0 Å². The zero-order valence-corrected chi connectivity index (χ0v) is 10.6. The molecule has 0 aromatic rings. The second-order valence-electron chi connectivity index (χ2n) is 4.80. The quantitative estimate of drug-likeness (QED) is 0.747. The van der Waals surface area contributed by atoms with E-state index in [1.54, 1.807) is 14.0 Å². The van der Waals surface area contributed by atoms with Crippen LogP contribution < -0.4 is 0 Å². The number of carboxylic acid groups (broad SMARTS) is 1. The molecule has 1 aliphatic rings. The monoisotopic (exact) mass is 239 g/mol. The van der Waals surface area contributed by atoms with E-state index >= 15 is 0 Å². The van der Waals surface area contributed by atoms with Crippen molar-refractivity contribution in [2.24, 2.45) is 5.92 Å². The molecule has 0 aromatic heterocycles. The zero-order chi connectivity index (χ0) is 12.8. The normalized spacial score (nSPS) is 17.2. The highest BCUT2D eigenvalue weighted by Crippen LogP contribution is 2.20. The Balaban J connectivity index is 2.41. The minimum atomic E-state index is -0.860. The molecule has 0 heterocycles. The van der Waals surface area contributed by atoms with E-state index in [-0.39, 0.29) is 12.5 Å². The Hall–Kier alpha value is -1.32. The fourth-order valence-corrected chi connectivity index (χ4v) is 1.99. The summed E-state index contributed by atoms with van der Waals surface area (Å²) >= 11 is 0. The Morgan fingerprint density at radius 1 is 1.47 bits per heavy atom. The van der Waals surface area contributed by atoms with Gasteiger partial charge in [-0.1, -0.05) is 18.6 Å². The molecule has 4 nitrogen and oxygen atoms in total. The predicted octanol–water partition coefficient (Wildman–Crippen LogP) is 2.06. The SMILES string of the molecule is CC(CN(C)C(=O)CC1=CCCCC1)C(=O)O. The van der Waals surface area contributed by atoms with Crippen LogP contribution in [0.2, 0.25) is 0 Å². The summed E-state index contributed by atoms with van der Waals surface area (Å²) in [5.41, 5.74) is 1.20. The molecule has 1 atom stereocenters. The molecule has 0 fully saturated rings. The number of hydrogen-bond acceptors (Lipinski definition) is 2. The van der Waals surface area contributed by atoms with Gasteiger partial charge in [0.25, 0.3) is 0 Å². The lowest BCUT2D eigenvalue weighted by Gasteiger charge is -2.21. The molecule has 17 heavy (non-hydrogen) atoms. The summed E-state index contributed by atoms with van der Waals surface area (Å²) in [6.07, 6.45) is 7.04. The average molecular weight is 239 g/mol. The van der Waals surface area contributed by atoms with Crippen LogP contribution >= 0.6 is 0 Å². The summed E-state index contributed by atoms with van der Waals surface area (Å²) in [5.74, 6) is -1.35. The molecule has 1 aliphatic carbocycles. The summed E-state index contributed by atoms with van der Waals surface area (Å²) in [5, 5.41) is 8.78. The van der Waals surface area contributed by atoms with Gasteiger partial charge in [-0.25, -0.2) is 0 Å². The third kappa shape index (κ3) is 4.59. The maximum atomic E-state index is 11.9. The van der Waals surface area contributed by atoms with Crippen molar-refractivity contribution in [2.45, 2.75) is 39.0 Å². The molecule has 1 N–H and O–H groups in total. The molecule has 0 saturated carbocycles. The first-order valence-corrected chi connectivity index (χ1v) is 6.15. The highest BCUT2D eigenvalue weighted by atomic mass is 16.4. The highest BCUT2D eigenvalue weighted by Gasteiger charge is 2.18. The van der Waals surface area contributed by atoms with Crippen molar-refractivity contribution in [3.63, 3.8) is 0 Å². The molecular weight excluding hydrogens is 218 g/mol. The molecule has 0 aromatic carbocycles. The van der Waals surface area contributed by atoms with Gasteiger partial charge >= 0.3 is 5.97 Å². The lowest BCUT2D eigenvalue weighted by molar-refractivity contribution is -0.142. The van der Waals surface area contributed by atoms with Crippen molar-refractivity contribution < 1.29 is 14.7 Å². The standard InChI is InChI=1S/C13H21NO3/c1-10(13(16)17)9-14(2)12(15)8-11-6-4-3-5-7-11/h6,10H,3-5,7-9H2,1-2H3,(H,16,17). The fraction of sp³-hybridized carbons (Fsp3) is 0.692. The van der Waals surface area contributed by atoms with E-state index in [4.69, 9.17) is 5.11 Å². The van der Waals surface area contributed by atoms with Gasteiger partial charge in [-0.3, -0.25) is 9.59 Å². The number of hydrogen-bond donors (Lipinski definition) is 1. The number of carbonyl (C=O) groups is 2. The maximum Gasteiger partial charge on any atom is 0.308 e. The first-order valence-electron chi connectivity index (χ1n) is 6.15. The van der Waals surface area contributed by atoms with Gasteiger partial charge in [0.2, 0.25) is 5.91 Å². The predicted molar refractivity (Wildman–Crippen MR) is 65.6 cm³/mol. The fourth-order valence-electron chi connectivity index (χ4n) is 1.99. The molecule has 1 rings (SSSR count). The van der Waals surface area contributed by atoms with Gasteiger partial charge < -0.3 is 10.0 Å². The van der Waals surface area contributed by atoms with E-state index in [2.05, 4.69) is 6.08 Å². The smallest absolute Gasteiger partial charge is 0.308 e. The molecule has 1 unspecified atom stereocenters. The van der Waals surface area contributed by atoms with Gasteiger partial charge in [0.15, 0.2) is 0 Å². The van der Waals surface area contributed by atoms with E-state index in [0.717, 1.165) is 19.3 Å². The van der Waals surface area contributed by atoms with Crippen LogP contribution in [0.4, 0.5) is 0 Å². The molecule has 0 spiro atoms. The Morgan fingerprint density at radius 3 is 2.71 bits per heavy atom. The summed E-state index contributed by atoms with van der Waals surface area (Å²) in [6.45, 7) is 1.90. The Kier molecular flexibility index (Phi) is 5.19. The Morgan fingerprint density at radius 2 is 2.18 bits per heavy atom. The summed E-state index contributed by atoms with van der Waals surface area (Å²) in [4.78, 5) is 24.1. The third-order valence-electron chi connectivity index (χ3n) is 3.16. The van der Waals surface area contributed by atoms with Crippen LogP contribution in [0.15, 0.2) is 11.6 Å². The zero-order valence-electron chi connectivity index (χ0n) is 10.6. The van der Waals surface area contributed by atoms with Crippen LogP contribution in [-0.4, -0.2) is 35.5 Å². The average Bonchev–Trinajstić information content (AvgIpc) is 2.29. The van der Waals surface area contributed by atoms with E-state index in [1.807, 2.05) is 0 Å². The van der Waals surface area contributed by atoms with Crippen molar-refractivity contribution in [3.05, 3.63) is 11.6 Å². The van der Waals surface area contributed by atoms with Crippen LogP contribution in [0, 0.1) is 5.92 Å². The number of rotatable bonds is 5. The minimum Gasteiger partial charge on any atom is -0.481 e. The number of amides is 1. The van der Waals surface area contributed by atoms with Gasteiger partial charge in [0, 0.05) is 20.0 Å². The first kappa shape index (κ1) is 13.7. The van der Waals surface area contributed by atoms with Crippen molar-refractivity contribution in [1.82, 2.24) is 4.90 Å². The van der Waals surface area contributed by atoms with Gasteiger partial charge in [0.1, 0.15) is 0 Å². The van der Waals surface area contributed by atoms with E-state index in [0.29, 0.717) is 6.42 Å². The van der Waals surface area contributed by atoms with Gasteiger partial charge in [0.05, 0.1) is 5.92 Å². The van der Waals surface area contributed by atoms with Crippen LogP contribution in [0.5, 0.6) is 0 Å². The Bertz CT molecular complexity index is 323. The third-order valence-corrected chi connectivity index (χ3v) is 3.16. The van der Waals surface area contributed by atoms with Crippen LogP contribution in [0.1, 0.15) is 39.0 Å². The van der Waals surface area contributed by atoms with Crippen LogP contribution in [-0.2, 0) is 9.59 Å². The number of carboxylic acids is 1. The molecular formula is C13H21NO3. The minimum absolute atomic E-state index is 0.0197. The number of aliphatic carboxylic acids is 1. The molecule has 0 aliphatic heterocycles. The molecule has 1 amide bonds. The lowest BCUT2D eigenvalue weighted by Crippen LogP contribution is -2.33. The molecule has 0 radical (unpaired) electrons. The highest BCUT2D eigenvalue weighted by molar-refractivity contribution is 5.79. The summed E-state index contributed by atoms with van der Waals surface area (Å²) in [7, 11) is 1.67. The van der Waals surface area contributed by atoms with Crippen LogP contribution in [0.3, 0.4) is 0 Å². The second-order valence-corrected chi connectivity index (χ2v) is 4.80. The van der Waals surface area contributed by atoms with Crippen molar-refractivity contribution in [3.8, 4) is 0 Å². The molecule has 0 bridgehead atoms. The molecule has 4 heteroatoms. The molecule has 0 saturated heterocycles. The van der Waals surface area contributed by atoms with E-state index in [1.165, 1.54) is 16.9 Å². The topological polar surface area (TPSA) is 57.6 Å². The number of allylic oxidation sites excluding steroid dienone is 1. The Labute approximate surface area is 102 Å². The first-order chi connectivity index (χ1) is 8.00. The summed E-state index contributed by atoms with van der Waals surface area (Å²) in [6, 6.07) is 0. The van der Waals surface area contributed by atoms with Gasteiger partial charge in [-0.2, -0.15) is 0 Å². The second kappa shape index (κ2) is 6.42. The number of nitrogens with zero attached hydrogens (tertiary/aromatic N) is 1. The maximum absolute atomic E-state index is 11.9. The molecule has 96 valence electrons. The largest absolute Gasteiger partial charge is 0.481 e. The summed E-state index contributed by atoms with van der Waals surface area (Å²) < 4.78 is 0. The van der Waals surface area contributed by atoms with E-state index in [9.17, 15) is 9.59 Å². The van der Waals surface area contributed by atoms with Gasteiger partial charge in [-0.05, 0) is 25.7 Å². The van der Waals surface area contributed by atoms with Crippen molar-refractivity contribution in [1.29, 1.82) is 0 Å².